The highest BCUT2D eigenvalue weighted by Crippen LogP contribution is 2.21. The molecule has 0 bridgehead atoms. The lowest BCUT2D eigenvalue weighted by Crippen LogP contribution is -2.06. The second-order valence-electron chi connectivity index (χ2n) is 4.08. The summed E-state index contributed by atoms with van der Waals surface area (Å²) in [6, 6.07) is 0. The van der Waals surface area contributed by atoms with Gasteiger partial charge in [0.25, 0.3) is 0 Å². The van der Waals surface area contributed by atoms with E-state index in [1.165, 1.54) is 0 Å². The fourth-order valence-electron chi connectivity index (χ4n) is 1.82. The van der Waals surface area contributed by atoms with Crippen molar-refractivity contribution in [2.45, 2.75) is 20.8 Å². The molecule has 2 aromatic heterocycles. The first-order chi connectivity index (χ1) is 8.52. The average Bonchev–Trinajstić information content (AvgIpc) is 2.82. The molecule has 0 saturated heterocycles. The van der Waals surface area contributed by atoms with Crippen molar-refractivity contribution in [3.8, 4) is 11.4 Å². The Kier molecular flexibility index (Phi) is 3.18. The molecule has 0 aliphatic heterocycles. The monoisotopic (exact) mass is 248 g/mol. The number of nitrogens with one attached hydrogen (secondary N) is 1. The average molecular weight is 248 g/mol. The highest BCUT2D eigenvalue weighted by molar-refractivity contribution is 5.89. The molecular weight excluding hydrogens is 232 g/mol. The Morgan fingerprint density at radius 3 is 2.78 bits per heavy atom. The first-order valence-corrected chi connectivity index (χ1v) is 5.77. The van der Waals surface area contributed by atoms with Crippen LogP contribution in [-0.4, -0.2) is 32.3 Å². The van der Waals surface area contributed by atoms with Gasteiger partial charge in [-0.1, -0.05) is 0 Å². The van der Waals surface area contributed by atoms with Gasteiger partial charge in [0.2, 0.25) is 0 Å². The molecule has 2 aromatic rings. The predicted octanol–water partition coefficient (Wildman–Crippen LogP) is 1.60. The number of hydrogen-bond donors (Lipinski definition) is 1. The second kappa shape index (κ2) is 4.64. The summed E-state index contributed by atoms with van der Waals surface area (Å²) in [4.78, 5) is 19.1. The van der Waals surface area contributed by atoms with Gasteiger partial charge < -0.3 is 9.72 Å². The normalized spacial score (nSPS) is 10.7. The summed E-state index contributed by atoms with van der Waals surface area (Å²) in [6.07, 6.45) is 1.86. The molecular formula is C12H16N4O2. The number of imidazole rings is 1. The zero-order chi connectivity index (χ0) is 13.3. The van der Waals surface area contributed by atoms with Crippen molar-refractivity contribution in [1.29, 1.82) is 0 Å². The zero-order valence-corrected chi connectivity index (χ0v) is 10.9. The molecule has 0 unspecified atom stereocenters. The molecule has 0 atom stereocenters. The van der Waals surface area contributed by atoms with Crippen LogP contribution in [0.4, 0.5) is 0 Å². The fourth-order valence-corrected chi connectivity index (χ4v) is 1.82. The van der Waals surface area contributed by atoms with Gasteiger partial charge in [0.1, 0.15) is 5.82 Å². The minimum atomic E-state index is -0.404. The summed E-state index contributed by atoms with van der Waals surface area (Å²) in [5, 5.41) is 4.25. The van der Waals surface area contributed by atoms with Crippen molar-refractivity contribution in [3.63, 3.8) is 0 Å². The number of esters is 1. The Morgan fingerprint density at radius 2 is 2.22 bits per heavy atom. The lowest BCUT2D eigenvalue weighted by atomic mass is 10.2. The van der Waals surface area contributed by atoms with E-state index in [9.17, 15) is 4.79 Å². The molecule has 0 aliphatic rings. The second-order valence-corrected chi connectivity index (χ2v) is 4.08. The molecule has 0 spiro atoms. The van der Waals surface area contributed by atoms with Gasteiger partial charge in [-0.25, -0.2) is 9.78 Å². The predicted molar refractivity (Wildman–Crippen MR) is 66.2 cm³/mol. The Balaban J connectivity index is 2.40. The third-order valence-corrected chi connectivity index (χ3v) is 2.62. The molecule has 2 rings (SSSR count). The molecule has 2 heterocycles. The van der Waals surface area contributed by atoms with E-state index in [1.54, 1.807) is 18.5 Å². The van der Waals surface area contributed by atoms with E-state index in [0.717, 1.165) is 11.3 Å². The van der Waals surface area contributed by atoms with E-state index in [1.807, 2.05) is 20.2 Å². The number of rotatable bonds is 3. The standard InChI is InChI=1S/C12H16N4O2/c1-5-18-12(17)10-8(3)13-11(14-10)9-6-16(4)15-7(9)2/h6H,5H2,1-4H3,(H,13,14). The van der Waals surface area contributed by atoms with Gasteiger partial charge in [0.15, 0.2) is 5.69 Å². The minimum absolute atomic E-state index is 0.329. The maximum Gasteiger partial charge on any atom is 0.358 e. The van der Waals surface area contributed by atoms with Crippen molar-refractivity contribution in [1.82, 2.24) is 19.7 Å². The molecule has 18 heavy (non-hydrogen) atoms. The number of carbonyl (C=O) groups is 1. The summed E-state index contributed by atoms with van der Waals surface area (Å²) in [6.45, 7) is 5.81. The number of aromatic nitrogens is 4. The van der Waals surface area contributed by atoms with Gasteiger partial charge in [-0.05, 0) is 20.8 Å². The first kappa shape index (κ1) is 12.3. The summed E-state index contributed by atoms with van der Waals surface area (Å²) in [5.41, 5.74) is 2.78. The fraction of sp³-hybridized carbons (Fsp3) is 0.417. The van der Waals surface area contributed by atoms with Crippen molar-refractivity contribution in [3.05, 3.63) is 23.3 Å². The van der Waals surface area contributed by atoms with E-state index in [4.69, 9.17) is 4.74 Å². The van der Waals surface area contributed by atoms with E-state index in [0.29, 0.717) is 23.8 Å². The number of carbonyl (C=O) groups excluding carboxylic acids is 1. The summed E-state index contributed by atoms with van der Waals surface area (Å²) in [7, 11) is 1.85. The number of nitrogens with zero attached hydrogens (tertiary/aromatic N) is 3. The van der Waals surface area contributed by atoms with Gasteiger partial charge in [-0.2, -0.15) is 5.10 Å². The van der Waals surface area contributed by atoms with Crippen molar-refractivity contribution < 1.29 is 9.53 Å². The summed E-state index contributed by atoms with van der Waals surface area (Å²) < 4.78 is 6.67. The first-order valence-electron chi connectivity index (χ1n) is 5.77. The van der Waals surface area contributed by atoms with Crippen molar-refractivity contribution >= 4 is 5.97 Å². The molecule has 0 fully saturated rings. The molecule has 0 amide bonds. The van der Waals surface area contributed by atoms with Crippen LogP contribution in [0.1, 0.15) is 28.8 Å². The van der Waals surface area contributed by atoms with Gasteiger partial charge in [0.05, 0.1) is 17.9 Å². The van der Waals surface area contributed by atoms with E-state index in [-0.39, 0.29) is 0 Å². The van der Waals surface area contributed by atoms with Gasteiger partial charge in [-0.3, -0.25) is 4.68 Å². The third kappa shape index (κ3) is 2.13. The maximum absolute atomic E-state index is 11.7. The number of ether oxygens (including phenoxy) is 1. The van der Waals surface area contributed by atoms with E-state index >= 15 is 0 Å². The maximum atomic E-state index is 11.7. The van der Waals surface area contributed by atoms with E-state index in [2.05, 4.69) is 15.1 Å². The molecule has 96 valence electrons. The Hall–Kier alpha value is -2.11. The largest absolute Gasteiger partial charge is 0.461 e. The van der Waals surface area contributed by atoms with Crippen LogP contribution < -0.4 is 0 Å². The van der Waals surface area contributed by atoms with Crippen LogP contribution in [0.25, 0.3) is 11.4 Å². The highest BCUT2D eigenvalue weighted by atomic mass is 16.5. The number of H-pyrrole nitrogens is 1. The van der Waals surface area contributed by atoms with Gasteiger partial charge >= 0.3 is 5.97 Å². The minimum Gasteiger partial charge on any atom is -0.461 e. The highest BCUT2D eigenvalue weighted by Gasteiger charge is 2.18. The summed E-state index contributed by atoms with van der Waals surface area (Å²) in [5.74, 6) is 0.236. The van der Waals surface area contributed by atoms with Crippen molar-refractivity contribution in [2.24, 2.45) is 7.05 Å². The van der Waals surface area contributed by atoms with Crippen LogP contribution in [0.15, 0.2) is 6.20 Å². The molecule has 0 aromatic carbocycles. The Labute approximate surface area is 105 Å². The quantitative estimate of drug-likeness (QED) is 0.837. The van der Waals surface area contributed by atoms with Crippen LogP contribution in [0, 0.1) is 13.8 Å². The SMILES string of the molecule is CCOC(=O)c1nc(-c2cn(C)nc2C)[nH]c1C. The lowest BCUT2D eigenvalue weighted by Gasteiger charge is -1.97. The van der Waals surface area contributed by atoms with Gasteiger partial charge in [-0.15, -0.1) is 0 Å². The molecule has 0 radical (unpaired) electrons. The van der Waals surface area contributed by atoms with Crippen LogP contribution in [-0.2, 0) is 11.8 Å². The topological polar surface area (TPSA) is 72.8 Å². The Bertz CT molecular complexity index is 583. The van der Waals surface area contributed by atoms with E-state index < -0.39 is 5.97 Å². The number of aryl methyl sites for hydroxylation is 3. The smallest absolute Gasteiger partial charge is 0.358 e. The molecule has 6 nitrogen and oxygen atoms in total. The zero-order valence-electron chi connectivity index (χ0n) is 10.9. The molecule has 0 saturated carbocycles. The molecule has 6 heteroatoms. The molecule has 1 N–H and O–H groups in total. The number of hydrogen-bond acceptors (Lipinski definition) is 4. The van der Waals surface area contributed by atoms with Crippen molar-refractivity contribution in [2.75, 3.05) is 6.61 Å². The van der Waals surface area contributed by atoms with Crippen LogP contribution in [0.2, 0.25) is 0 Å². The number of aromatic amines is 1. The summed E-state index contributed by atoms with van der Waals surface area (Å²) >= 11 is 0. The van der Waals surface area contributed by atoms with Gasteiger partial charge in [0, 0.05) is 18.9 Å². The van der Waals surface area contributed by atoms with Crippen LogP contribution in [0.5, 0.6) is 0 Å². The van der Waals surface area contributed by atoms with Crippen LogP contribution in [0.3, 0.4) is 0 Å². The lowest BCUT2D eigenvalue weighted by molar-refractivity contribution is 0.0519. The third-order valence-electron chi connectivity index (χ3n) is 2.62. The molecule has 0 aliphatic carbocycles. The van der Waals surface area contributed by atoms with Crippen LogP contribution >= 0.6 is 0 Å². The Morgan fingerprint density at radius 1 is 1.50 bits per heavy atom.